The number of carbonyl (C=O) groups is 2. The Morgan fingerprint density at radius 2 is 1.60 bits per heavy atom. The van der Waals surface area contributed by atoms with E-state index in [2.05, 4.69) is 0 Å². The second kappa shape index (κ2) is 11.5. The van der Waals surface area contributed by atoms with Gasteiger partial charge in [-0.05, 0) is 86.2 Å². The highest BCUT2D eigenvalue weighted by atomic mass is 16.5. The van der Waals surface area contributed by atoms with Crippen molar-refractivity contribution >= 4 is 23.1 Å². The van der Waals surface area contributed by atoms with Gasteiger partial charge >= 0.3 is 0 Å². The predicted molar refractivity (Wildman–Crippen MR) is 157 cm³/mol. The van der Waals surface area contributed by atoms with Gasteiger partial charge in [-0.2, -0.15) is 0 Å². The normalized spacial score (nSPS) is 16.5. The van der Waals surface area contributed by atoms with Gasteiger partial charge in [-0.1, -0.05) is 37.6 Å². The first-order valence-electron chi connectivity index (χ1n) is 13.4. The van der Waals surface area contributed by atoms with E-state index in [0.29, 0.717) is 40.7 Å². The number of nitrogens with zero attached hydrogens (tertiary/aromatic N) is 1. The molecular weight excluding hydrogens is 506 g/mol. The third-order valence-electron chi connectivity index (χ3n) is 7.31. The van der Waals surface area contributed by atoms with Crippen LogP contribution in [-0.2, 0) is 9.59 Å². The van der Waals surface area contributed by atoms with Crippen LogP contribution in [0.25, 0.3) is 5.76 Å². The largest absolute Gasteiger partial charge is 0.507 e. The number of hydrogen-bond acceptors (Lipinski definition) is 6. The highest BCUT2D eigenvalue weighted by Gasteiger charge is 2.47. The van der Waals surface area contributed by atoms with Crippen molar-refractivity contribution in [2.45, 2.75) is 53.5 Å². The minimum Gasteiger partial charge on any atom is -0.507 e. The fraction of sp³-hybridized carbons (Fsp3) is 0.333. The minimum atomic E-state index is -0.893. The van der Waals surface area contributed by atoms with E-state index >= 15 is 0 Å². The fourth-order valence-corrected chi connectivity index (χ4v) is 5.33. The highest BCUT2D eigenvalue weighted by molar-refractivity contribution is 6.51. The van der Waals surface area contributed by atoms with Crippen molar-refractivity contribution in [3.63, 3.8) is 0 Å². The number of ketones is 1. The number of hydrogen-bond donors (Lipinski definition) is 1. The Bertz CT molecular complexity index is 1500. The molecular formula is C33H37NO6. The molecule has 0 spiro atoms. The van der Waals surface area contributed by atoms with Crippen LogP contribution in [0, 0.1) is 20.8 Å². The molecule has 7 nitrogen and oxygen atoms in total. The van der Waals surface area contributed by atoms with E-state index in [9.17, 15) is 14.7 Å². The lowest BCUT2D eigenvalue weighted by Crippen LogP contribution is -2.30. The number of rotatable bonds is 8. The molecule has 1 aliphatic heterocycles. The molecule has 1 atom stereocenters. The van der Waals surface area contributed by atoms with E-state index in [1.54, 1.807) is 32.4 Å². The molecule has 0 saturated carbocycles. The summed E-state index contributed by atoms with van der Waals surface area (Å²) in [6, 6.07) is 13.8. The number of ether oxygens (including phenoxy) is 3. The van der Waals surface area contributed by atoms with Gasteiger partial charge in [-0.25, -0.2) is 0 Å². The van der Waals surface area contributed by atoms with Gasteiger partial charge in [0.15, 0.2) is 11.5 Å². The average Bonchev–Trinajstić information content (AvgIpc) is 3.18. The highest BCUT2D eigenvalue weighted by Crippen LogP contribution is 2.46. The quantitative estimate of drug-likeness (QED) is 0.192. The zero-order chi connectivity index (χ0) is 29.3. The maximum atomic E-state index is 13.8. The number of aliphatic hydroxyl groups is 1. The van der Waals surface area contributed by atoms with Crippen molar-refractivity contribution in [3.8, 4) is 17.2 Å². The third kappa shape index (κ3) is 5.04. The number of anilines is 1. The number of carbonyl (C=O) groups excluding carboxylic acids is 2. The van der Waals surface area contributed by atoms with Crippen LogP contribution in [-0.4, -0.2) is 37.6 Å². The molecule has 1 amide bonds. The number of Topliss-reactive ketones (excluding diaryl/α,β-unsaturated/α-hetero) is 1. The second-order valence-electron chi connectivity index (χ2n) is 10.4. The van der Waals surface area contributed by atoms with Crippen molar-refractivity contribution in [1.29, 1.82) is 0 Å². The van der Waals surface area contributed by atoms with Crippen LogP contribution in [0.15, 0.2) is 54.1 Å². The molecule has 1 aliphatic rings. The molecule has 210 valence electrons. The van der Waals surface area contributed by atoms with Crippen molar-refractivity contribution < 1.29 is 28.9 Å². The zero-order valence-corrected chi connectivity index (χ0v) is 24.4. The summed E-state index contributed by atoms with van der Waals surface area (Å²) in [7, 11) is 3.16. The molecule has 0 aliphatic carbocycles. The van der Waals surface area contributed by atoms with Crippen LogP contribution in [0.1, 0.15) is 66.1 Å². The molecule has 7 heteroatoms. The van der Waals surface area contributed by atoms with Crippen molar-refractivity contribution in [1.82, 2.24) is 0 Å². The summed E-state index contributed by atoms with van der Waals surface area (Å²) in [4.78, 5) is 29.0. The number of aliphatic hydroxyl groups excluding tert-OH is 1. The molecule has 40 heavy (non-hydrogen) atoms. The van der Waals surface area contributed by atoms with Crippen molar-refractivity contribution in [2.75, 3.05) is 25.7 Å². The second-order valence-corrected chi connectivity index (χ2v) is 10.4. The Hall–Kier alpha value is -4.26. The average molecular weight is 544 g/mol. The first kappa shape index (κ1) is 28.7. The molecule has 1 N–H and O–H groups in total. The Balaban J connectivity index is 2.03. The summed E-state index contributed by atoms with van der Waals surface area (Å²) in [5.41, 5.74) is 5.19. The van der Waals surface area contributed by atoms with Gasteiger partial charge in [0.25, 0.3) is 11.7 Å². The minimum absolute atomic E-state index is 0.0144. The van der Waals surface area contributed by atoms with Crippen LogP contribution in [0.4, 0.5) is 5.69 Å². The van der Waals surface area contributed by atoms with Gasteiger partial charge in [-0.15, -0.1) is 0 Å². The molecule has 3 aromatic carbocycles. The van der Waals surface area contributed by atoms with Crippen LogP contribution < -0.4 is 19.1 Å². The summed E-state index contributed by atoms with van der Waals surface area (Å²) < 4.78 is 16.9. The van der Waals surface area contributed by atoms with Gasteiger partial charge in [0, 0.05) is 11.3 Å². The lowest BCUT2D eigenvalue weighted by Gasteiger charge is -2.27. The standard InChI is InChI=1S/C33H37NO6/c1-9-40-28-16-22(11-13-26(28)38-7)30-29(31(35)24-17-23(18(2)3)27(39-8)15-20(24)5)32(36)33(37)34(30)25-12-10-19(4)14-21(25)6/h10-18,30,35H,9H2,1-8H3/b31-29+. The van der Waals surface area contributed by atoms with Gasteiger partial charge < -0.3 is 19.3 Å². The Kier molecular flexibility index (Phi) is 8.24. The number of amides is 1. The molecule has 0 bridgehead atoms. The van der Waals surface area contributed by atoms with Crippen LogP contribution in [0.3, 0.4) is 0 Å². The van der Waals surface area contributed by atoms with Crippen LogP contribution in [0.2, 0.25) is 0 Å². The lowest BCUT2D eigenvalue weighted by atomic mass is 9.90. The van der Waals surface area contributed by atoms with Crippen molar-refractivity contribution in [3.05, 3.63) is 87.5 Å². The number of benzene rings is 3. The summed E-state index contributed by atoms with van der Waals surface area (Å²) in [6.07, 6.45) is 0. The van der Waals surface area contributed by atoms with Gasteiger partial charge in [-0.3, -0.25) is 14.5 Å². The molecule has 1 heterocycles. The maximum absolute atomic E-state index is 13.8. The topological polar surface area (TPSA) is 85.3 Å². The maximum Gasteiger partial charge on any atom is 0.300 e. The number of methoxy groups -OCH3 is 2. The first-order valence-corrected chi connectivity index (χ1v) is 13.4. The smallest absolute Gasteiger partial charge is 0.300 e. The Labute approximate surface area is 236 Å². The lowest BCUT2D eigenvalue weighted by molar-refractivity contribution is -0.132. The van der Waals surface area contributed by atoms with E-state index in [1.807, 2.05) is 71.9 Å². The van der Waals surface area contributed by atoms with Gasteiger partial charge in [0.05, 0.1) is 32.4 Å². The van der Waals surface area contributed by atoms with E-state index < -0.39 is 17.7 Å². The molecule has 4 rings (SSSR count). The molecule has 1 fully saturated rings. The first-order chi connectivity index (χ1) is 19.0. The van der Waals surface area contributed by atoms with E-state index in [-0.39, 0.29) is 17.3 Å². The number of aryl methyl sites for hydroxylation is 3. The SMILES string of the molecule is CCOc1cc(C2/C(=C(\O)c3cc(C(C)C)c(OC)cc3C)C(=O)C(=O)N2c2ccc(C)cc2C)ccc1OC. The van der Waals surface area contributed by atoms with Crippen LogP contribution >= 0.6 is 0 Å². The molecule has 0 aromatic heterocycles. The Morgan fingerprint density at radius 3 is 2.20 bits per heavy atom. The summed E-state index contributed by atoms with van der Waals surface area (Å²) in [5.74, 6) is 0.128. The summed E-state index contributed by atoms with van der Waals surface area (Å²) in [5, 5.41) is 11.8. The van der Waals surface area contributed by atoms with Crippen LogP contribution in [0.5, 0.6) is 17.2 Å². The summed E-state index contributed by atoms with van der Waals surface area (Å²) in [6.45, 7) is 12.1. The predicted octanol–water partition coefficient (Wildman–Crippen LogP) is 6.78. The van der Waals surface area contributed by atoms with Gasteiger partial charge in [0.2, 0.25) is 0 Å². The third-order valence-corrected chi connectivity index (χ3v) is 7.31. The molecule has 1 saturated heterocycles. The van der Waals surface area contributed by atoms with Crippen molar-refractivity contribution in [2.24, 2.45) is 0 Å². The molecule has 1 unspecified atom stereocenters. The van der Waals surface area contributed by atoms with E-state index in [4.69, 9.17) is 14.2 Å². The molecule has 3 aromatic rings. The van der Waals surface area contributed by atoms with E-state index in [0.717, 1.165) is 22.3 Å². The Morgan fingerprint density at radius 1 is 0.900 bits per heavy atom. The van der Waals surface area contributed by atoms with E-state index in [1.165, 1.54) is 4.90 Å². The fourth-order valence-electron chi connectivity index (χ4n) is 5.33. The molecule has 0 radical (unpaired) electrons. The monoisotopic (exact) mass is 543 g/mol. The zero-order valence-electron chi connectivity index (χ0n) is 24.4. The summed E-state index contributed by atoms with van der Waals surface area (Å²) >= 11 is 0. The van der Waals surface area contributed by atoms with Gasteiger partial charge in [0.1, 0.15) is 11.5 Å².